The summed E-state index contributed by atoms with van der Waals surface area (Å²) in [6.07, 6.45) is 6.63. The molecule has 5 nitrogen and oxygen atoms in total. The highest BCUT2D eigenvalue weighted by Gasteiger charge is 2.59. The lowest BCUT2D eigenvalue weighted by Gasteiger charge is -2.17. The first-order valence-electron chi connectivity index (χ1n) is 8.63. The van der Waals surface area contributed by atoms with Gasteiger partial charge >= 0.3 is 5.97 Å². The lowest BCUT2D eigenvalue weighted by atomic mass is 9.85. The number of ether oxygens (including phenoxy) is 1. The Morgan fingerprint density at radius 2 is 1.73 bits per heavy atom. The van der Waals surface area contributed by atoms with Crippen LogP contribution in [0.1, 0.15) is 23.7 Å². The highest BCUT2D eigenvalue weighted by molar-refractivity contribution is 6.29. The van der Waals surface area contributed by atoms with Crippen molar-refractivity contribution in [1.29, 1.82) is 0 Å². The molecule has 0 N–H and O–H groups in total. The maximum atomic E-state index is 12.8. The van der Waals surface area contributed by atoms with E-state index in [9.17, 15) is 14.4 Å². The van der Waals surface area contributed by atoms with Gasteiger partial charge in [0, 0.05) is 5.03 Å². The molecular formula is C20H18ClNO4. The van der Waals surface area contributed by atoms with Gasteiger partial charge in [0.25, 0.3) is 0 Å². The number of hydrogen-bond acceptors (Lipinski definition) is 4. The number of amides is 2. The molecule has 1 aromatic rings. The van der Waals surface area contributed by atoms with Gasteiger partial charge in [-0.15, -0.1) is 0 Å². The van der Waals surface area contributed by atoms with Gasteiger partial charge in [0.2, 0.25) is 11.8 Å². The average molecular weight is 372 g/mol. The zero-order valence-electron chi connectivity index (χ0n) is 14.2. The summed E-state index contributed by atoms with van der Waals surface area (Å²) in [5.41, 5.74) is 0.859. The second-order valence-electron chi connectivity index (χ2n) is 6.95. The molecule has 2 aliphatic carbocycles. The molecule has 1 saturated heterocycles. The minimum atomic E-state index is -0.482. The van der Waals surface area contributed by atoms with E-state index in [0.717, 1.165) is 6.42 Å². The maximum absolute atomic E-state index is 12.8. The molecule has 26 heavy (non-hydrogen) atoms. The van der Waals surface area contributed by atoms with Crippen molar-refractivity contribution in [2.75, 3.05) is 11.5 Å². The molecule has 1 aromatic carbocycles. The minimum absolute atomic E-state index is 0.0954. The number of anilines is 1. The second-order valence-corrected chi connectivity index (χ2v) is 7.54. The van der Waals surface area contributed by atoms with Crippen LogP contribution in [0.3, 0.4) is 0 Å². The van der Waals surface area contributed by atoms with Crippen LogP contribution in [0.25, 0.3) is 0 Å². The molecule has 2 amide bonds. The van der Waals surface area contributed by atoms with Gasteiger partial charge in [0.05, 0.1) is 23.1 Å². The van der Waals surface area contributed by atoms with Gasteiger partial charge in [-0.1, -0.05) is 23.8 Å². The Hall–Kier alpha value is -2.40. The fourth-order valence-electron chi connectivity index (χ4n) is 4.22. The first-order chi connectivity index (χ1) is 12.5. The highest BCUT2D eigenvalue weighted by Crippen LogP contribution is 2.53. The predicted molar refractivity (Wildman–Crippen MR) is 96.5 cm³/mol. The molecule has 4 rings (SSSR count). The van der Waals surface area contributed by atoms with Crippen LogP contribution in [0.4, 0.5) is 5.69 Å². The molecule has 0 aromatic heterocycles. The van der Waals surface area contributed by atoms with Crippen LogP contribution >= 0.6 is 11.6 Å². The van der Waals surface area contributed by atoms with E-state index in [0.29, 0.717) is 16.3 Å². The van der Waals surface area contributed by atoms with E-state index in [1.54, 1.807) is 37.3 Å². The van der Waals surface area contributed by atoms with Crippen molar-refractivity contribution in [3.05, 3.63) is 53.1 Å². The SMILES string of the molecule is C/C(Cl)=C/COC(=O)c1ccc(N2C(=O)[C@H]3[C@H](C2=O)[C@H]2C=C[C@H]3C2)cc1. The van der Waals surface area contributed by atoms with Crippen molar-refractivity contribution in [2.24, 2.45) is 23.7 Å². The molecule has 4 atom stereocenters. The molecule has 1 saturated carbocycles. The normalized spacial score (nSPS) is 29.5. The minimum Gasteiger partial charge on any atom is -0.458 e. The highest BCUT2D eigenvalue weighted by atomic mass is 35.5. The van der Waals surface area contributed by atoms with Crippen molar-refractivity contribution in [1.82, 2.24) is 0 Å². The van der Waals surface area contributed by atoms with Gasteiger partial charge in [-0.05, 0) is 55.5 Å². The molecule has 1 aliphatic heterocycles. The van der Waals surface area contributed by atoms with E-state index in [-0.39, 0.29) is 42.1 Å². The van der Waals surface area contributed by atoms with Gasteiger partial charge < -0.3 is 4.74 Å². The molecule has 6 heteroatoms. The summed E-state index contributed by atoms with van der Waals surface area (Å²) in [4.78, 5) is 38.8. The largest absolute Gasteiger partial charge is 0.458 e. The Morgan fingerprint density at radius 3 is 2.27 bits per heavy atom. The van der Waals surface area contributed by atoms with Crippen LogP contribution in [0, 0.1) is 23.7 Å². The third kappa shape index (κ3) is 2.67. The van der Waals surface area contributed by atoms with Crippen molar-refractivity contribution in [2.45, 2.75) is 13.3 Å². The first-order valence-corrected chi connectivity index (χ1v) is 9.01. The smallest absolute Gasteiger partial charge is 0.338 e. The monoisotopic (exact) mass is 371 g/mol. The zero-order chi connectivity index (χ0) is 18.4. The molecule has 2 fully saturated rings. The summed E-state index contributed by atoms with van der Waals surface area (Å²) >= 11 is 5.69. The van der Waals surface area contributed by atoms with E-state index in [1.807, 2.05) is 0 Å². The predicted octanol–water partition coefficient (Wildman–Crippen LogP) is 3.30. The molecule has 134 valence electrons. The van der Waals surface area contributed by atoms with Crippen molar-refractivity contribution in [3.63, 3.8) is 0 Å². The summed E-state index contributed by atoms with van der Waals surface area (Å²) in [7, 11) is 0. The molecule has 0 spiro atoms. The van der Waals surface area contributed by atoms with E-state index in [2.05, 4.69) is 12.2 Å². The second kappa shape index (κ2) is 6.40. The standard InChI is InChI=1S/C20H18ClNO4/c1-11(21)8-9-26-20(25)12-4-6-15(7-5-12)22-18(23)16-13-2-3-14(10-13)17(16)19(22)24/h2-8,13-14,16-17H,9-10H2,1H3/b11-8-/t13-,14-,16+,17+/m0/s1. The summed E-state index contributed by atoms with van der Waals surface area (Å²) in [5, 5.41) is 0.549. The first kappa shape index (κ1) is 17.0. The number of nitrogens with zero attached hydrogens (tertiary/aromatic N) is 1. The number of benzene rings is 1. The van der Waals surface area contributed by atoms with Crippen LogP contribution in [0.15, 0.2) is 47.5 Å². The number of hydrogen-bond donors (Lipinski definition) is 0. The Balaban J connectivity index is 1.49. The Labute approximate surface area is 156 Å². The van der Waals surface area contributed by atoms with E-state index in [4.69, 9.17) is 16.3 Å². The van der Waals surface area contributed by atoms with Crippen LogP contribution in [-0.4, -0.2) is 24.4 Å². The zero-order valence-corrected chi connectivity index (χ0v) is 15.0. The Kier molecular flexibility index (Phi) is 4.19. The van der Waals surface area contributed by atoms with E-state index < -0.39 is 5.97 Å². The number of carbonyl (C=O) groups excluding carboxylic acids is 3. The summed E-state index contributed by atoms with van der Waals surface area (Å²) in [6.45, 7) is 1.80. The van der Waals surface area contributed by atoms with Gasteiger partial charge in [-0.25, -0.2) is 4.79 Å². The maximum Gasteiger partial charge on any atom is 0.338 e. The average Bonchev–Trinajstić information content (AvgIpc) is 3.29. The lowest BCUT2D eigenvalue weighted by molar-refractivity contribution is -0.123. The van der Waals surface area contributed by atoms with Crippen LogP contribution in [0.5, 0.6) is 0 Å². The third-order valence-corrected chi connectivity index (χ3v) is 5.56. The summed E-state index contributed by atoms with van der Waals surface area (Å²) in [5.74, 6) is -0.840. The fourth-order valence-corrected chi connectivity index (χ4v) is 4.28. The van der Waals surface area contributed by atoms with Gasteiger partial charge in [0.1, 0.15) is 6.61 Å². The number of carbonyl (C=O) groups is 3. The molecule has 3 aliphatic rings. The number of halogens is 1. The topological polar surface area (TPSA) is 63.7 Å². The van der Waals surface area contributed by atoms with Gasteiger partial charge in [-0.3, -0.25) is 14.5 Å². The molecule has 0 unspecified atom stereocenters. The quantitative estimate of drug-likeness (QED) is 0.463. The van der Waals surface area contributed by atoms with Crippen LogP contribution < -0.4 is 4.90 Å². The third-order valence-electron chi connectivity index (χ3n) is 5.41. The number of esters is 1. The van der Waals surface area contributed by atoms with Crippen LogP contribution in [-0.2, 0) is 14.3 Å². The van der Waals surface area contributed by atoms with E-state index in [1.165, 1.54) is 4.90 Å². The van der Waals surface area contributed by atoms with E-state index >= 15 is 0 Å². The molecule has 0 radical (unpaired) electrons. The Morgan fingerprint density at radius 1 is 1.15 bits per heavy atom. The van der Waals surface area contributed by atoms with Crippen LogP contribution in [0.2, 0.25) is 0 Å². The molecular weight excluding hydrogens is 354 g/mol. The van der Waals surface area contributed by atoms with Crippen molar-refractivity contribution < 1.29 is 19.1 Å². The Bertz CT molecular complexity index is 808. The lowest BCUT2D eigenvalue weighted by Crippen LogP contribution is -2.32. The molecule has 1 heterocycles. The number of allylic oxidation sites excluding steroid dienone is 3. The van der Waals surface area contributed by atoms with Crippen molar-refractivity contribution >= 4 is 35.1 Å². The number of fused-ring (bicyclic) bond motifs is 5. The molecule has 2 bridgehead atoms. The fraction of sp³-hybridized carbons (Fsp3) is 0.350. The number of rotatable bonds is 4. The van der Waals surface area contributed by atoms with Gasteiger partial charge in [0.15, 0.2) is 0 Å². The van der Waals surface area contributed by atoms with Crippen molar-refractivity contribution in [3.8, 4) is 0 Å². The summed E-state index contributed by atoms with van der Waals surface area (Å²) < 4.78 is 5.09. The van der Waals surface area contributed by atoms with Gasteiger partial charge in [-0.2, -0.15) is 0 Å². The number of imide groups is 1. The summed E-state index contributed by atoms with van der Waals surface area (Å²) in [6, 6.07) is 6.36.